The van der Waals surface area contributed by atoms with Crippen LogP contribution in [-0.4, -0.2) is 53.0 Å². The van der Waals surface area contributed by atoms with Crippen molar-refractivity contribution in [1.29, 1.82) is 0 Å². The Morgan fingerprint density at radius 2 is 1.96 bits per heavy atom. The number of nitrogens with one attached hydrogen (secondary N) is 1. The normalized spacial score (nSPS) is 16.4. The second-order valence-electron chi connectivity index (χ2n) is 5.81. The molecule has 1 aliphatic carbocycles. The zero-order valence-electron chi connectivity index (χ0n) is 14.5. The molecule has 1 atom stereocenters. The molecule has 0 bridgehead atoms. The Kier molecular flexibility index (Phi) is 6.49. The minimum absolute atomic E-state index is 0. The van der Waals surface area contributed by atoms with Gasteiger partial charge in [-0.1, -0.05) is 23.5 Å². The quantitative estimate of drug-likeness (QED) is 0.558. The van der Waals surface area contributed by atoms with Gasteiger partial charge in [0.05, 0.1) is 5.56 Å². The Hall–Kier alpha value is -1.94. The summed E-state index contributed by atoms with van der Waals surface area (Å²) in [4.78, 5) is 25.1. The van der Waals surface area contributed by atoms with E-state index in [0.29, 0.717) is 5.70 Å². The topological polar surface area (TPSA) is 104 Å². The molecule has 1 amide bonds. The summed E-state index contributed by atoms with van der Waals surface area (Å²) >= 11 is 0. The molecule has 2 rings (SSSR count). The molecule has 0 saturated carbocycles. The molecule has 24 heavy (non-hydrogen) atoms. The number of aliphatic hydroxyl groups is 1. The number of phenols is 1. The number of benzene rings is 1. The standard InChI is InChI=1S/C16H20N3O4.Li/c1-8(2)17-11-12(15(22)14(11)21)18-10-7-5-6-9(13(10)20)16(23)19(3)4;/h5-8,14,21H,1-4H3,(H,17,22)(H,20,23);/q-1;+1. The second kappa shape index (κ2) is 7.75. The molecule has 0 saturated heterocycles. The van der Waals surface area contributed by atoms with E-state index >= 15 is 0 Å². The molecule has 0 fully saturated rings. The Labute approximate surface area is 152 Å². The van der Waals surface area contributed by atoms with Gasteiger partial charge in [0.25, 0.3) is 5.91 Å². The fourth-order valence-electron chi connectivity index (χ4n) is 2.17. The van der Waals surface area contributed by atoms with Crippen LogP contribution in [0, 0.1) is 0 Å². The van der Waals surface area contributed by atoms with Crippen LogP contribution in [0.15, 0.2) is 29.6 Å². The monoisotopic (exact) mass is 325 g/mol. The van der Waals surface area contributed by atoms with Crippen LogP contribution in [0.2, 0.25) is 0 Å². The largest absolute Gasteiger partial charge is 1.00 e. The van der Waals surface area contributed by atoms with Crippen molar-refractivity contribution in [2.24, 2.45) is 0 Å². The van der Waals surface area contributed by atoms with Crippen LogP contribution in [0.4, 0.5) is 5.69 Å². The molecule has 0 radical (unpaired) electrons. The maximum Gasteiger partial charge on any atom is 1.00 e. The third kappa shape index (κ3) is 3.75. The first-order valence-electron chi connectivity index (χ1n) is 7.22. The SMILES string of the molecule is CC(C)NC1=C([N-]c2cccc(C(=O)N(C)C)c2O)C(=O)C1O.[Li+]. The first-order valence-corrected chi connectivity index (χ1v) is 7.22. The predicted octanol–water partition coefficient (Wildman–Crippen LogP) is -1.74. The van der Waals surface area contributed by atoms with Crippen LogP contribution in [0.25, 0.3) is 5.32 Å². The fourth-order valence-corrected chi connectivity index (χ4v) is 2.17. The smallest absolute Gasteiger partial charge is 0.650 e. The van der Waals surface area contributed by atoms with Crippen LogP contribution >= 0.6 is 0 Å². The first-order chi connectivity index (χ1) is 10.7. The van der Waals surface area contributed by atoms with Crippen molar-refractivity contribution in [1.82, 2.24) is 10.2 Å². The van der Waals surface area contributed by atoms with Gasteiger partial charge >= 0.3 is 18.9 Å². The van der Waals surface area contributed by atoms with Crippen LogP contribution in [0.1, 0.15) is 24.2 Å². The van der Waals surface area contributed by atoms with Gasteiger partial charge in [-0.15, -0.1) is 0 Å². The molecule has 7 nitrogen and oxygen atoms in total. The number of carbonyl (C=O) groups is 2. The molecule has 1 aliphatic rings. The van der Waals surface area contributed by atoms with Crippen LogP contribution in [0.5, 0.6) is 5.75 Å². The molecule has 0 aromatic heterocycles. The molecule has 1 unspecified atom stereocenters. The molecule has 3 N–H and O–H groups in total. The molecule has 1 aromatic rings. The first kappa shape index (κ1) is 20.1. The van der Waals surface area contributed by atoms with Gasteiger partial charge in [-0.2, -0.15) is 0 Å². The van der Waals surface area contributed by atoms with Gasteiger partial charge in [-0.25, -0.2) is 0 Å². The number of hydrogen-bond donors (Lipinski definition) is 3. The van der Waals surface area contributed by atoms with E-state index in [0.717, 1.165) is 0 Å². The zero-order valence-corrected chi connectivity index (χ0v) is 14.5. The zero-order chi connectivity index (χ0) is 17.3. The van der Waals surface area contributed by atoms with Gasteiger partial charge in [0.15, 0.2) is 11.9 Å². The van der Waals surface area contributed by atoms with Crippen LogP contribution < -0.4 is 24.2 Å². The van der Waals surface area contributed by atoms with Gasteiger partial charge in [0.2, 0.25) is 0 Å². The predicted molar refractivity (Wildman–Crippen MR) is 85.5 cm³/mol. The number of hydrogen-bond acceptors (Lipinski definition) is 5. The van der Waals surface area contributed by atoms with Gasteiger partial charge in [0, 0.05) is 25.8 Å². The summed E-state index contributed by atoms with van der Waals surface area (Å²) in [5, 5.41) is 27.0. The Morgan fingerprint density at radius 1 is 1.33 bits per heavy atom. The van der Waals surface area contributed by atoms with Crippen molar-refractivity contribution in [3.63, 3.8) is 0 Å². The Morgan fingerprint density at radius 3 is 2.50 bits per heavy atom. The van der Waals surface area contributed by atoms with Crippen LogP contribution in [-0.2, 0) is 4.79 Å². The number of ketones is 1. The summed E-state index contributed by atoms with van der Waals surface area (Å²) in [6.07, 6.45) is -1.22. The van der Waals surface area contributed by atoms with Crippen molar-refractivity contribution < 1.29 is 38.7 Å². The number of rotatable bonds is 5. The Balaban J connectivity index is 0.00000288. The van der Waals surface area contributed by atoms with E-state index in [9.17, 15) is 19.8 Å². The minimum atomic E-state index is -1.22. The van der Waals surface area contributed by atoms with Crippen molar-refractivity contribution in [2.75, 3.05) is 14.1 Å². The Bertz CT molecular complexity index is 686. The molecule has 0 aliphatic heterocycles. The number of amides is 1. The van der Waals surface area contributed by atoms with Gasteiger partial charge < -0.3 is 25.7 Å². The van der Waals surface area contributed by atoms with Crippen molar-refractivity contribution in [3.05, 3.63) is 40.5 Å². The van der Waals surface area contributed by atoms with Gasteiger partial charge in [-0.3, -0.25) is 9.59 Å². The molecule has 124 valence electrons. The van der Waals surface area contributed by atoms with Gasteiger partial charge in [0.1, 0.15) is 5.75 Å². The number of carbonyl (C=O) groups excluding carboxylic acids is 2. The van der Waals surface area contributed by atoms with Crippen molar-refractivity contribution in [2.45, 2.75) is 26.0 Å². The molecule has 8 heteroatoms. The van der Waals surface area contributed by atoms with E-state index in [-0.39, 0.29) is 53.5 Å². The minimum Gasteiger partial charge on any atom is -0.650 e. The van der Waals surface area contributed by atoms with Crippen molar-refractivity contribution in [3.8, 4) is 5.75 Å². The molecule has 0 heterocycles. The third-order valence-electron chi connectivity index (χ3n) is 3.34. The maximum atomic E-state index is 12.0. The number of phenolic OH excluding ortho intramolecular Hbond substituents is 1. The summed E-state index contributed by atoms with van der Waals surface area (Å²) in [7, 11) is 3.15. The van der Waals surface area contributed by atoms with Crippen LogP contribution in [0.3, 0.4) is 0 Å². The van der Waals surface area contributed by atoms with E-state index in [1.165, 1.54) is 17.0 Å². The molecular formula is C16H20LiN3O4. The molecule has 0 spiro atoms. The summed E-state index contributed by atoms with van der Waals surface area (Å²) in [5.74, 6) is -1.18. The summed E-state index contributed by atoms with van der Waals surface area (Å²) in [5.41, 5.74) is 0.600. The average Bonchev–Trinajstić information content (AvgIpc) is 2.50. The average molecular weight is 325 g/mol. The van der Waals surface area contributed by atoms with Crippen molar-refractivity contribution >= 4 is 17.4 Å². The maximum absolute atomic E-state index is 12.0. The third-order valence-corrected chi connectivity index (χ3v) is 3.34. The second-order valence-corrected chi connectivity index (χ2v) is 5.81. The van der Waals surface area contributed by atoms with Gasteiger partial charge in [-0.05, 0) is 19.9 Å². The summed E-state index contributed by atoms with van der Waals surface area (Å²) < 4.78 is 0. The van der Waals surface area contributed by atoms with E-state index in [2.05, 4.69) is 10.6 Å². The fraction of sp³-hybridized carbons (Fsp3) is 0.375. The van der Waals surface area contributed by atoms with E-state index in [4.69, 9.17) is 0 Å². The number of aliphatic hydroxyl groups excluding tert-OH is 1. The summed E-state index contributed by atoms with van der Waals surface area (Å²) in [6, 6.07) is 4.58. The summed E-state index contributed by atoms with van der Waals surface area (Å²) in [6.45, 7) is 3.74. The van der Waals surface area contributed by atoms with E-state index in [1.54, 1.807) is 20.2 Å². The number of Topliss-reactive ketones (excluding diaryl/α,β-unsaturated/α-hetero) is 1. The van der Waals surface area contributed by atoms with E-state index in [1.807, 2.05) is 13.8 Å². The molecule has 1 aromatic carbocycles. The number of para-hydroxylation sites is 1. The molecular weight excluding hydrogens is 305 g/mol. The van der Waals surface area contributed by atoms with E-state index < -0.39 is 11.9 Å². The number of aromatic hydroxyl groups is 1. The number of nitrogens with zero attached hydrogens (tertiary/aromatic N) is 2.